The molecule has 3 aromatic heterocycles. The van der Waals surface area contributed by atoms with Crippen LogP contribution in [0.25, 0.3) is 22.2 Å². The number of furan rings is 1. The van der Waals surface area contributed by atoms with Crippen LogP contribution in [0.1, 0.15) is 35.9 Å². The summed E-state index contributed by atoms with van der Waals surface area (Å²) in [5.74, 6) is 0.219. The predicted molar refractivity (Wildman–Crippen MR) is 137 cm³/mol. The van der Waals surface area contributed by atoms with Crippen molar-refractivity contribution in [3.8, 4) is 0 Å². The number of carbonyl (C=O) groups is 1. The summed E-state index contributed by atoms with van der Waals surface area (Å²) >= 11 is 0. The Morgan fingerprint density at radius 3 is 2.39 bits per heavy atom. The number of amides is 1. The first kappa shape index (κ1) is 23.6. The Bertz CT molecular complexity index is 1630. The topological polar surface area (TPSA) is 119 Å². The van der Waals surface area contributed by atoms with Gasteiger partial charge in [0, 0.05) is 6.54 Å². The van der Waals surface area contributed by atoms with E-state index in [4.69, 9.17) is 14.4 Å². The maximum atomic E-state index is 13.5. The van der Waals surface area contributed by atoms with E-state index in [1.54, 1.807) is 41.0 Å². The summed E-state index contributed by atoms with van der Waals surface area (Å²) in [6.07, 6.45) is 3.23. The minimum Gasteiger partial charge on any atom is -0.467 e. The van der Waals surface area contributed by atoms with Crippen LogP contribution < -0.4 is 10.0 Å². The van der Waals surface area contributed by atoms with Gasteiger partial charge in [0.15, 0.2) is 5.65 Å². The van der Waals surface area contributed by atoms with E-state index in [-0.39, 0.29) is 22.8 Å². The molecule has 0 unspecified atom stereocenters. The minimum absolute atomic E-state index is 0.0724. The van der Waals surface area contributed by atoms with Crippen LogP contribution in [0.5, 0.6) is 0 Å². The minimum atomic E-state index is -4.03. The third kappa shape index (κ3) is 4.55. The highest BCUT2D eigenvalue weighted by Gasteiger charge is 2.29. The molecule has 0 aliphatic rings. The molecule has 36 heavy (non-hydrogen) atoms. The number of aromatic nitrogens is 3. The van der Waals surface area contributed by atoms with E-state index in [0.717, 1.165) is 12.8 Å². The Morgan fingerprint density at radius 2 is 1.69 bits per heavy atom. The zero-order chi connectivity index (χ0) is 25.1. The number of fused-ring (bicyclic) bond motifs is 2. The van der Waals surface area contributed by atoms with Gasteiger partial charge in [0.05, 0.1) is 28.7 Å². The fourth-order valence-electron chi connectivity index (χ4n) is 3.99. The third-order valence-corrected chi connectivity index (χ3v) is 7.13. The lowest BCUT2D eigenvalue weighted by molar-refractivity contribution is 0.0955. The molecule has 0 atom stereocenters. The second kappa shape index (κ2) is 9.82. The summed E-state index contributed by atoms with van der Waals surface area (Å²) in [7, 11) is -4.03. The normalized spacial score (nSPS) is 11.7. The van der Waals surface area contributed by atoms with E-state index in [1.807, 2.05) is 25.1 Å². The average Bonchev–Trinajstić information content (AvgIpc) is 3.50. The molecule has 0 spiro atoms. The molecular weight excluding hydrogens is 478 g/mol. The summed E-state index contributed by atoms with van der Waals surface area (Å²) in [6.45, 7) is 2.62. The number of nitrogens with zero attached hydrogens (tertiary/aromatic N) is 3. The van der Waals surface area contributed by atoms with Crippen LogP contribution in [0, 0.1) is 0 Å². The summed E-state index contributed by atoms with van der Waals surface area (Å²) in [5, 5.41) is 2.90. The van der Waals surface area contributed by atoms with Gasteiger partial charge in [0.1, 0.15) is 22.7 Å². The summed E-state index contributed by atoms with van der Waals surface area (Å²) in [6, 6.07) is 18.8. The summed E-state index contributed by atoms with van der Waals surface area (Å²) < 4.78 is 36.6. The van der Waals surface area contributed by atoms with Gasteiger partial charge in [0.25, 0.3) is 15.9 Å². The number of hydrogen-bond donors (Lipinski definition) is 2. The highest BCUT2D eigenvalue weighted by atomic mass is 32.2. The van der Waals surface area contributed by atoms with Gasteiger partial charge in [-0.25, -0.2) is 18.4 Å². The van der Waals surface area contributed by atoms with Crippen molar-refractivity contribution in [2.75, 3.05) is 11.3 Å². The smallest absolute Gasteiger partial charge is 0.263 e. The number of rotatable bonds is 9. The Hall–Kier alpha value is -4.18. The van der Waals surface area contributed by atoms with Crippen LogP contribution in [0.3, 0.4) is 0 Å². The molecule has 0 saturated heterocycles. The second-order valence-corrected chi connectivity index (χ2v) is 9.98. The van der Waals surface area contributed by atoms with Crippen molar-refractivity contribution in [3.63, 3.8) is 0 Å². The Kier molecular flexibility index (Phi) is 6.43. The van der Waals surface area contributed by atoms with Crippen molar-refractivity contribution in [3.05, 3.63) is 84.3 Å². The van der Waals surface area contributed by atoms with Crippen molar-refractivity contribution in [1.29, 1.82) is 0 Å². The standard InChI is InChI=1S/C26H25N5O4S/c1-2-3-15-27-26(32)22-23-25(29-21-14-8-7-13-20(21)28-23)31(17-18-10-9-16-35-18)24(22)30-36(33,34)19-11-5-4-6-12-19/h4-14,16,30H,2-3,15,17H2,1H3,(H,27,32). The molecule has 0 radical (unpaired) electrons. The van der Waals surface area contributed by atoms with Gasteiger partial charge in [-0.3, -0.25) is 9.52 Å². The number of para-hydroxylation sites is 2. The van der Waals surface area contributed by atoms with Gasteiger partial charge in [-0.05, 0) is 42.8 Å². The average molecular weight is 504 g/mol. The first-order valence-corrected chi connectivity index (χ1v) is 13.1. The lowest BCUT2D eigenvalue weighted by atomic mass is 10.2. The molecule has 9 nitrogen and oxygen atoms in total. The molecule has 2 N–H and O–H groups in total. The molecule has 0 fully saturated rings. The quantitative estimate of drug-likeness (QED) is 0.285. The molecule has 0 aliphatic carbocycles. The molecule has 184 valence electrons. The largest absolute Gasteiger partial charge is 0.467 e. The number of anilines is 1. The van der Waals surface area contributed by atoms with Gasteiger partial charge in [-0.15, -0.1) is 0 Å². The fraction of sp³-hybridized carbons (Fsp3) is 0.192. The molecule has 2 aromatic carbocycles. The maximum absolute atomic E-state index is 13.5. The molecule has 3 heterocycles. The number of unbranched alkanes of at least 4 members (excludes halogenated alkanes) is 1. The molecule has 0 bridgehead atoms. The Labute approximate surface area is 208 Å². The first-order valence-electron chi connectivity index (χ1n) is 11.7. The van der Waals surface area contributed by atoms with Gasteiger partial charge in [0.2, 0.25) is 0 Å². The van der Waals surface area contributed by atoms with Crippen LogP contribution in [0.15, 0.2) is 82.3 Å². The molecule has 0 saturated carbocycles. The van der Waals surface area contributed by atoms with E-state index in [9.17, 15) is 13.2 Å². The molecule has 5 rings (SSSR count). The molecule has 0 aliphatic heterocycles. The third-order valence-electron chi connectivity index (χ3n) is 5.77. The number of sulfonamides is 1. The monoisotopic (exact) mass is 503 g/mol. The van der Waals surface area contributed by atoms with E-state index in [1.165, 1.54) is 18.4 Å². The fourth-order valence-corrected chi connectivity index (χ4v) is 5.09. The number of carbonyl (C=O) groups excluding carboxylic acids is 1. The number of hydrogen-bond acceptors (Lipinski definition) is 6. The molecule has 5 aromatic rings. The summed E-state index contributed by atoms with van der Waals surface area (Å²) in [5.41, 5.74) is 2.01. The highest BCUT2D eigenvalue weighted by Crippen LogP contribution is 2.32. The zero-order valence-electron chi connectivity index (χ0n) is 19.6. The van der Waals surface area contributed by atoms with Crippen molar-refractivity contribution >= 4 is 43.9 Å². The van der Waals surface area contributed by atoms with E-state index >= 15 is 0 Å². The van der Waals surface area contributed by atoms with Gasteiger partial charge >= 0.3 is 0 Å². The van der Waals surface area contributed by atoms with E-state index < -0.39 is 15.9 Å². The zero-order valence-corrected chi connectivity index (χ0v) is 20.5. The Balaban J connectivity index is 1.76. The second-order valence-electron chi connectivity index (χ2n) is 8.30. The number of nitrogens with one attached hydrogen (secondary N) is 2. The van der Waals surface area contributed by atoms with Crippen molar-refractivity contribution in [1.82, 2.24) is 19.9 Å². The first-order chi connectivity index (χ1) is 17.5. The summed E-state index contributed by atoms with van der Waals surface area (Å²) in [4.78, 5) is 23.0. The van der Waals surface area contributed by atoms with Crippen LogP contribution in [0.2, 0.25) is 0 Å². The van der Waals surface area contributed by atoms with Crippen molar-refractivity contribution in [2.45, 2.75) is 31.2 Å². The van der Waals surface area contributed by atoms with E-state index in [0.29, 0.717) is 34.5 Å². The van der Waals surface area contributed by atoms with Gasteiger partial charge in [-0.1, -0.05) is 43.7 Å². The highest BCUT2D eigenvalue weighted by molar-refractivity contribution is 7.92. The Morgan fingerprint density at radius 1 is 0.972 bits per heavy atom. The molecule has 1 amide bonds. The van der Waals surface area contributed by atoms with Crippen LogP contribution in [-0.4, -0.2) is 35.4 Å². The van der Waals surface area contributed by atoms with Gasteiger partial charge in [-0.2, -0.15) is 0 Å². The molecule has 10 heteroatoms. The molecular formula is C26H25N5O4S. The lowest BCUT2D eigenvalue weighted by Crippen LogP contribution is -2.26. The lowest BCUT2D eigenvalue weighted by Gasteiger charge is -2.13. The van der Waals surface area contributed by atoms with Gasteiger partial charge < -0.3 is 14.3 Å². The number of benzene rings is 2. The van der Waals surface area contributed by atoms with E-state index in [2.05, 4.69) is 10.0 Å². The predicted octanol–water partition coefficient (Wildman–Crippen LogP) is 4.56. The maximum Gasteiger partial charge on any atom is 0.263 e. The van der Waals surface area contributed by atoms with Crippen LogP contribution in [-0.2, 0) is 16.6 Å². The van der Waals surface area contributed by atoms with Crippen LogP contribution in [0.4, 0.5) is 5.82 Å². The van der Waals surface area contributed by atoms with Crippen molar-refractivity contribution in [2.24, 2.45) is 0 Å². The van der Waals surface area contributed by atoms with Crippen LogP contribution >= 0.6 is 0 Å². The van der Waals surface area contributed by atoms with Crippen molar-refractivity contribution < 1.29 is 17.6 Å². The SMILES string of the molecule is CCCCNC(=O)c1c(NS(=O)(=O)c2ccccc2)n(Cc2ccco2)c2nc3ccccc3nc12.